The number of aromatic hydroxyl groups is 1. The average molecular weight is 771 g/mol. The third kappa shape index (κ3) is 6.48. The van der Waals surface area contributed by atoms with Crippen LogP contribution in [-0.4, -0.2) is 95.6 Å². The Labute approximate surface area is 309 Å². The van der Waals surface area contributed by atoms with Gasteiger partial charge in [-0.2, -0.15) is 22.7 Å². The Morgan fingerprint density at radius 1 is 1.11 bits per heavy atom. The van der Waals surface area contributed by atoms with Crippen LogP contribution in [0.4, 0.5) is 18.9 Å². The topological polar surface area (TPSA) is 168 Å². The van der Waals surface area contributed by atoms with Crippen molar-refractivity contribution in [3.63, 3.8) is 0 Å². The van der Waals surface area contributed by atoms with Crippen LogP contribution in [0.25, 0.3) is 16.5 Å². The molecule has 3 N–H and O–H groups in total. The number of carbonyl (C=O) groups is 2. The lowest BCUT2D eigenvalue weighted by Crippen LogP contribution is -2.51. The lowest BCUT2D eigenvalue weighted by atomic mass is 10.0. The number of rotatable bonds is 7. The number of thiophene rings is 1. The van der Waals surface area contributed by atoms with Gasteiger partial charge in [0, 0.05) is 54.7 Å². The highest BCUT2D eigenvalue weighted by molar-refractivity contribution is 7.15. The van der Waals surface area contributed by atoms with Gasteiger partial charge < -0.3 is 25.5 Å². The summed E-state index contributed by atoms with van der Waals surface area (Å²) in [6, 6.07) is 3.15. The van der Waals surface area contributed by atoms with Gasteiger partial charge in [0.25, 0.3) is 11.5 Å². The predicted molar refractivity (Wildman–Crippen MR) is 190 cm³/mol. The van der Waals surface area contributed by atoms with Crippen LogP contribution in [-0.2, 0) is 30.4 Å². The molecule has 1 aromatic carbocycles. The number of nitrogens with zero attached hydrogens (tertiary/aromatic N) is 9. The van der Waals surface area contributed by atoms with Crippen molar-refractivity contribution in [1.82, 2.24) is 38.9 Å². The number of fused-ring (bicyclic) bond motifs is 2. The van der Waals surface area contributed by atoms with E-state index < -0.39 is 35.2 Å². The number of benzene rings is 1. The number of hydrogen-bond donors (Lipinski definition) is 2. The van der Waals surface area contributed by atoms with Crippen molar-refractivity contribution in [1.29, 1.82) is 0 Å². The Balaban J connectivity index is 1.37. The van der Waals surface area contributed by atoms with Crippen molar-refractivity contribution in [2.75, 3.05) is 44.7 Å². The first-order valence-electron chi connectivity index (χ1n) is 16.7. The molecular weight excluding hydrogens is 737 g/mol. The molecule has 1 saturated heterocycles. The van der Waals surface area contributed by atoms with E-state index in [0.29, 0.717) is 10.6 Å². The summed E-state index contributed by atoms with van der Waals surface area (Å²) in [6.07, 6.45) is -2.51. The number of alkyl halides is 3. The largest absolute Gasteiger partial charge is 0.504 e. The second-order valence-corrected chi connectivity index (χ2v) is 14.5. The number of amides is 2. The van der Waals surface area contributed by atoms with Gasteiger partial charge in [0.2, 0.25) is 11.7 Å². The summed E-state index contributed by atoms with van der Waals surface area (Å²) in [5, 5.41) is 14.7. The van der Waals surface area contributed by atoms with Crippen LogP contribution in [0.3, 0.4) is 0 Å². The van der Waals surface area contributed by atoms with Gasteiger partial charge in [-0.15, -0.1) is 16.4 Å². The maximum atomic E-state index is 14.5. The van der Waals surface area contributed by atoms with Crippen LogP contribution in [0.5, 0.6) is 5.75 Å². The Hall–Kier alpha value is -5.07. The van der Waals surface area contributed by atoms with Crippen LogP contribution in [0, 0.1) is 6.92 Å². The first-order valence-corrected chi connectivity index (χ1v) is 17.9. The van der Waals surface area contributed by atoms with E-state index in [1.807, 2.05) is 13.1 Å². The summed E-state index contributed by atoms with van der Waals surface area (Å²) in [4.78, 5) is 61.3. The zero-order valence-corrected chi connectivity index (χ0v) is 30.4. The highest BCUT2D eigenvalue weighted by Gasteiger charge is 2.36. The van der Waals surface area contributed by atoms with Crippen LogP contribution < -0.4 is 16.2 Å². The van der Waals surface area contributed by atoms with Crippen molar-refractivity contribution in [3.8, 4) is 16.5 Å². The van der Waals surface area contributed by atoms with E-state index >= 15 is 0 Å². The van der Waals surface area contributed by atoms with Crippen LogP contribution in [0.2, 0.25) is 5.02 Å². The van der Waals surface area contributed by atoms with Crippen molar-refractivity contribution < 1.29 is 27.9 Å². The quantitative estimate of drug-likeness (QED) is 0.249. The molecule has 1 atom stereocenters. The van der Waals surface area contributed by atoms with Crippen molar-refractivity contribution in [2.24, 2.45) is 5.73 Å². The zero-order valence-electron chi connectivity index (χ0n) is 28.8. The normalized spacial score (nSPS) is 15.9. The Kier molecular flexibility index (Phi) is 9.40. The molecule has 4 aromatic heterocycles. The van der Waals surface area contributed by atoms with Gasteiger partial charge in [-0.1, -0.05) is 24.6 Å². The highest BCUT2D eigenvalue weighted by atomic mass is 35.5. The number of hydrogen-bond acceptors (Lipinski definition) is 11. The van der Waals surface area contributed by atoms with Crippen LogP contribution >= 0.6 is 22.9 Å². The number of aromatic nitrogens is 6. The maximum absolute atomic E-state index is 14.5. The smallest absolute Gasteiger partial charge is 0.416 e. The molecule has 7 rings (SSSR count). The second kappa shape index (κ2) is 13.7. The molecule has 278 valence electrons. The van der Waals surface area contributed by atoms with Crippen LogP contribution in [0.15, 0.2) is 35.4 Å². The number of likely N-dealkylation sites (N-methyl/N-ethyl adjacent to an activating group) is 1. The van der Waals surface area contributed by atoms with E-state index in [2.05, 4.69) is 20.0 Å². The fourth-order valence-corrected chi connectivity index (χ4v) is 8.40. The fourth-order valence-electron chi connectivity index (χ4n) is 6.89. The molecule has 6 heterocycles. The summed E-state index contributed by atoms with van der Waals surface area (Å²) in [6.45, 7) is 5.55. The Morgan fingerprint density at radius 3 is 2.51 bits per heavy atom. The summed E-state index contributed by atoms with van der Waals surface area (Å²) >= 11 is 7.97. The second-order valence-electron chi connectivity index (χ2n) is 13.0. The molecule has 1 fully saturated rings. The fraction of sp³-hybridized carbons (Fsp3) is 0.382. The van der Waals surface area contributed by atoms with Gasteiger partial charge in [-0.25, -0.2) is 9.97 Å². The maximum Gasteiger partial charge on any atom is 0.416 e. The number of halogens is 4. The molecule has 1 unspecified atom stereocenters. The molecule has 0 bridgehead atoms. The Bertz CT molecular complexity index is 2330. The third-order valence-electron chi connectivity index (χ3n) is 9.63. The molecule has 5 aromatic rings. The van der Waals surface area contributed by atoms with E-state index in [1.54, 1.807) is 18.7 Å². The number of carbonyl (C=O) groups excluding carboxylic acids is 2. The highest BCUT2D eigenvalue weighted by Crippen LogP contribution is 2.38. The molecule has 0 saturated carbocycles. The monoisotopic (exact) mass is 770 g/mol. The minimum Gasteiger partial charge on any atom is -0.504 e. The predicted octanol–water partition coefficient (Wildman–Crippen LogP) is 3.68. The third-order valence-corrected chi connectivity index (χ3v) is 11.1. The van der Waals surface area contributed by atoms with Crippen molar-refractivity contribution in [3.05, 3.63) is 84.6 Å². The van der Waals surface area contributed by atoms with E-state index in [0.717, 1.165) is 52.7 Å². The molecule has 53 heavy (non-hydrogen) atoms. The van der Waals surface area contributed by atoms with Crippen molar-refractivity contribution >= 4 is 46.2 Å². The van der Waals surface area contributed by atoms with E-state index in [1.165, 1.54) is 27.1 Å². The first-order chi connectivity index (χ1) is 25.2. The molecule has 0 radical (unpaired) electrons. The molecule has 2 amide bonds. The molecule has 0 spiro atoms. The lowest BCUT2D eigenvalue weighted by molar-refractivity contribution is -0.137. The number of primary amides is 1. The summed E-state index contributed by atoms with van der Waals surface area (Å²) in [5.74, 6) is -1.59. The minimum atomic E-state index is -4.69. The molecular formula is C34H34ClF3N10O4S. The van der Waals surface area contributed by atoms with Gasteiger partial charge in [-0.3, -0.25) is 19.0 Å². The van der Waals surface area contributed by atoms with Gasteiger partial charge in [0.1, 0.15) is 18.1 Å². The van der Waals surface area contributed by atoms with Crippen molar-refractivity contribution in [2.45, 2.75) is 45.5 Å². The molecule has 14 nitrogen and oxygen atoms in total. The van der Waals surface area contributed by atoms with Crippen LogP contribution in [0.1, 0.15) is 56.4 Å². The van der Waals surface area contributed by atoms with E-state index in [9.17, 15) is 32.7 Å². The Morgan fingerprint density at radius 2 is 1.85 bits per heavy atom. The van der Waals surface area contributed by atoms with Gasteiger partial charge >= 0.3 is 6.18 Å². The van der Waals surface area contributed by atoms with Gasteiger partial charge in [0.15, 0.2) is 17.3 Å². The molecule has 0 aliphatic carbocycles. The number of piperazine rings is 1. The molecule has 2 aliphatic rings. The number of anilines is 1. The van der Waals surface area contributed by atoms with E-state index in [-0.39, 0.29) is 77.6 Å². The average Bonchev–Trinajstić information content (AvgIpc) is 3.75. The SMILES string of the molecule is CCc1c(N2CCN(C(=O)c3ncnc(C)c3O)CC2)c(=O)n2nc(-c3cc4c(s3)CN(C)CC4)nc2n1C(C(N)=O)c1ccc(C(F)(F)F)cc1Cl. The minimum absolute atomic E-state index is 0.0205. The number of nitrogens with two attached hydrogens (primary N) is 1. The standard InChI is InChI=1S/C34H34ClF3N10O4S/c1-4-22-27(45-9-11-46(12-10-45)31(51)25-28(49)17(2)40-16-41-25)32(52)48-33(42-30(43-48)23-13-18-7-8-44(3)15-24(18)53-23)47(22)26(29(39)50)20-6-5-19(14-21(20)35)34(36,37)38/h5-6,13-14,16,26,49H,4,7-12,15H2,1-3H3,(H2,39,50). The van der Waals surface area contributed by atoms with Gasteiger partial charge in [0.05, 0.1) is 21.8 Å². The summed E-state index contributed by atoms with van der Waals surface area (Å²) in [5.41, 5.74) is 6.20. The summed E-state index contributed by atoms with van der Waals surface area (Å²) in [7, 11) is 2.03. The van der Waals surface area contributed by atoms with E-state index in [4.69, 9.17) is 22.3 Å². The first kappa shape index (κ1) is 36.3. The zero-order chi connectivity index (χ0) is 37.9. The molecule has 19 heteroatoms. The number of aryl methyl sites for hydroxylation is 1. The molecule has 2 aliphatic heterocycles. The lowest BCUT2D eigenvalue weighted by Gasteiger charge is -2.37. The summed E-state index contributed by atoms with van der Waals surface area (Å²) < 4.78 is 43.4. The van der Waals surface area contributed by atoms with Gasteiger partial charge in [-0.05, 0) is 50.6 Å².